The fourth-order valence-corrected chi connectivity index (χ4v) is 4.31. The van der Waals surface area contributed by atoms with Gasteiger partial charge in [-0.3, -0.25) is 4.72 Å². The van der Waals surface area contributed by atoms with E-state index in [1.165, 1.54) is 12.1 Å². The van der Waals surface area contributed by atoms with Crippen LogP contribution in [0.1, 0.15) is 52.7 Å². The summed E-state index contributed by atoms with van der Waals surface area (Å²) in [5, 5.41) is 10.1. The van der Waals surface area contributed by atoms with Gasteiger partial charge in [-0.25, -0.2) is 8.42 Å². The summed E-state index contributed by atoms with van der Waals surface area (Å²) in [6, 6.07) is 8.15. The third kappa shape index (κ3) is 5.09. The highest BCUT2D eigenvalue weighted by molar-refractivity contribution is 7.92. The van der Waals surface area contributed by atoms with Gasteiger partial charge in [0.1, 0.15) is 4.90 Å². The number of phenols is 1. The molecule has 0 saturated heterocycles. The van der Waals surface area contributed by atoms with Crippen molar-refractivity contribution in [2.45, 2.75) is 57.3 Å². The van der Waals surface area contributed by atoms with Crippen molar-refractivity contribution in [3.8, 4) is 5.75 Å². The first-order valence-corrected chi connectivity index (χ1v) is 10.7. The molecule has 0 aromatic heterocycles. The number of hydrogen-bond donors (Lipinski definition) is 2. The topological polar surface area (TPSA) is 66.4 Å². The number of phenolic OH excluding ortho intramolecular Hbond substituents is 1. The molecule has 0 spiro atoms. The minimum atomic E-state index is -4.08. The van der Waals surface area contributed by atoms with Crippen LogP contribution in [0.25, 0.3) is 0 Å². The minimum Gasteiger partial charge on any atom is -0.505 e. The first kappa shape index (κ1) is 21.9. The van der Waals surface area contributed by atoms with Crippen molar-refractivity contribution < 1.29 is 13.5 Å². The Hall–Kier alpha value is -1.43. The van der Waals surface area contributed by atoms with E-state index in [-0.39, 0.29) is 25.8 Å². The summed E-state index contributed by atoms with van der Waals surface area (Å²) in [6.45, 7) is 12.4. The normalized spacial score (nSPS) is 12.9. The average molecular weight is 430 g/mol. The largest absolute Gasteiger partial charge is 0.505 e. The molecule has 0 amide bonds. The molecule has 2 aromatic rings. The van der Waals surface area contributed by atoms with Crippen LogP contribution in [-0.4, -0.2) is 13.5 Å². The van der Waals surface area contributed by atoms with Crippen LogP contribution >= 0.6 is 23.2 Å². The molecule has 2 rings (SSSR count). The summed E-state index contributed by atoms with van der Waals surface area (Å²) in [4.78, 5) is -0.363. The lowest BCUT2D eigenvalue weighted by Gasteiger charge is -2.26. The van der Waals surface area contributed by atoms with E-state index in [2.05, 4.69) is 52.3 Å². The smallest absolute Gasteiger partial charge is 0.265 e. The van der Waals surface area contributed by atoms with E-state index in [9.17, 15) is 13.5 Å². The zero-order chi connectivity index (χ0) is 20.8. The monoisotopic (exact) mass is 429 g/mol. The van der Waals surface area contributed by atoms with Crippen molar-refractivity contribution in [2.75, 3.05) is 4.72 Å². The molecule has 0 atom stereocenters. The third-order valence-electron chi connectivity index (χ3n) is 4.20. The van der Waals surface area contributed by atoms with Gasteiger partial charge in [0.2, 0.25) is 0 Å². The Morgan fingerprint density at radius 2 is 1.33 bits per heavy atom. The summed E-state index contributed by atoms with van der Waals surface area (Å²) in [7, 11) is -4.08. The number of benzene rings is 2. The zero-order valence-corrected chi connectivity index (χ0v) is 18.6. The Kier molecular flexibility index (Phi) is 5.82. The van der Waals surface area contributed by atoms with Crippen molar-refractivity contribution in [1.29, 1.82) is 0 Å². The van der Waals surface area contributed by atoms with Crippen molar-refractivity contribution in [3.05, 3.63) is 51.5 Å². The SMILES string of the molecule is CC(C)(C)c1cc(NS(=O)(=O)c2cc(Cl)cc(Cl)c2O)cc(C(C)(C)C)c1. The Morgan fingerprint density at radius 1 is 0.852 bits per heavy atom. The molecule has 0 fully saturated rings. The number of halogens is 2. The summed E-state index contributed by atoms with van der Waals surface area (Å²) in [5.41, 5.74) is 2.09. The van der Waals surface area contributed by atoms with E-state index in [1.54, 1.807) is 12.1 Å². The lowest BCUT2D eigenvalue weighted by Crippen LogP contribution is -2.19. The first-order chi connectivity index (χ1) is 12.1. The Morgan fingerprint density at radius 3 is 1.78 bits per heavy atom. The van der Waals surface area contributed by atoms with E-state index >= 15 is 0 Å². The van der Waals surface area contributed by atoms with Gasteiger partial charge in [0.15, 0.2) is 5.75 Å². The quantitative estimate of drug-likeness (QED) is 0.619. The zero-order valence-electron chi connectivity index (χ0n) is 16.3. The summed E-state index contributed by atoms with van der Waals surface area (Å²) in [5.74, 6) is -0.531. The van der Waals surface area contributed by atoms with Crippen LogP contribution in [0.15, 0.2) is 35.2 Å². The summed E-state index contributed by atoms with van der Waals surface area (Å²) >= 11 is 11.8. The molecule has 0 saturated carbocycles. The molecule has 2 N–H and O–H groups in total. The van der Waals surface area contributed by atoms with Gasteiger partial charge in [0.05, 0.1) is 5.02 Å². The molecule has 0 unspecified atom stereocenters. The van der Waals surface area contributed by atoms with Gasteiger partial charge in [-0.2, -0.15) is 0 Å². The van der Waals surface area contributed by atoms with E-state index in [0.717, 1.165) is 11.1 Å². The van der Waals surface area contributed by atoms with Crippen LogP contribution in [0, 0.1) is 0 Å². The third-order valence-corrected chi connectivity index (χ3v) is 6.10. The van der Waals surface area contributed by atoms with E-state index in [4.69, 9.17) is 23.2 Å². The number of aromatic hydroxyl groups is 1. The highest BCUT2D eigenvalue weighted by Gasteiger charge is 2.25. The van der Waals surface area contributed by atoms with Gasteiger partial charge in [-0.05, 0) is 46.2 Å². The fraction of sp³-hybridized carbons (Fsp3) is 0.400. The molecule has 0 bridgehead atoms. The highest BCUT2D eigenvalue weighted by atomic mass is 35.5. The molecular formula is C20H25Cl2NO3S. The van der Waals surface area contributed by atoms with Crippen molar-refractivity contribution >= 4 is 38.9 Å². The molecule has 27 heavy (non-hydrogen) atoms. The Labute approximate surface area is 171 Å². The van der Waals surface area contributed by atoms with Crippen LogP contribution in [0.5, 0.6) is 5.75 Å². The van der Waals surface area contributed by atoms with Crippen LogP contribution < -0.4 is 4.72 Å². The number of nitrogens with one attached hydrogen (secondary N) is 1. The van der Waals surface area contributed by atoms with Crippen LogP contribution in [0.4, 0.5) is 5.69 Å². The number of rotatable bonds is 3. The molecule has 0 aliphatic carbocycles. The molecular weight excluding hydrogens is 405 g/mol. The standard InChI is InChI=1S/C20H25Cl2NO3S/c1-19(2,3)12-7-13(20(4,5)6)9-15(8-12)23-27(25,26)17-11-14(21)10-16(22)18(17)24/h7-11,23-24H,1-6H3. The first-order valence-electron chi connectivity index (χ1n) is 8.48. The molecule has 7 heteroatoms. The second-order valence-electron chi connectivity index (χ2n) is 8.64. The number of sulfonamides is 1. The molecule has 4 nitrogen and oxygen atoms in total. The second-order valence-corrected chi connectivity index (χ2v) is 11.1. The summed E-state index contributed by atoms with van der Waals surface area (Å²) < 4.78 is 28.3. The van der Waals surface area contributed by atoms with Gasteiger partial charge in [-0.15, -0.1) is 0 Å². The van der Waals surface area contributed by atoms with Gasteiger partial charge in [0.25, 0.3) is 10.0 Å². The maximum absolute atomic E-state index is 12.9. The van der Waals surface area contributed by atoms with Gasteiger partial charge in [0, 0.05) is 10.7 Å². The van der Waals surface area contributed by atoms with E-state index < -0.39 is 15.8 Å². The van der Waals surface area contributed by atoms with Crippen molar-refractivity contribution in [3.63, 3.8) is 0 Å². The van der Waals surface area contributed by atoms with E-state index in [1.807, 2.05) is 0 Å². The van der Waals surface area contributed by atoms with E-state index in [0.29, 0.717) is 5.69 Å². The van der Waals surface area contributed by atoms with Crippen LogP contribution in [0.3, 0.4) is 0 Å². The summed E-state index contributed by atoms with van der Waals surface area (Å²) in [6.07, 6.45) is 0. The average Bonchev–Trinajstić information content (AvgIpc) is 2.48. The maximum Gasteiger partial charge on any atom is 0.265 e. The van der Waals surface area contributed by atoms with Crippen LogP contribution in [-0.2, 0) is 20.9 Å². The minimum absolute atomic E-state index is 0.122. The Balaban J connectivity index is 2.59. The molecule has 2 aromatic carbocycles. The fourth-order valence-electron chi connectivity index (χ4n) is 2.51. The molecule has 148 valence electrons. The van der Waals surface area contributed by atoms with Crippen LogP contribution in [0.2, 0.25) is 10.0 Å². The molecule has 0 aliphatic rings. The van der Waals surface area contributed by atoms with Gasteiger partial charge in [-0.1, -0.05) is 70.8 Å². The predicted octanol–water partition coefficient (Wildman–Crippen LogP) is 6.09. The highest BCUT2D eigenvalue weighted by Crippen LogP contribution is 2.36. The van der Waals surface area contributed by atoms with Gasteiger partial charge < -0.3 is 5.11 Å². The second kappa shape index (κ2) is 7.19. The maximum atomic E-state index is 12.9. The lowest BCUT2D eigenvalue weighted by molar-refractivity contribution is 0.459. The molecule has 0 heterocycles. The Bertz CT molecular complexity index is 940. The molecule has 0 aliphatic heterocycles. The lowest BCUT2D eigenvalue weighted by atomic mass is 9.80. The predicted molar refractivity (Wildman–Crippen MR) is 113 cm³/mol. The van der Waals surface area contributed by atoms with Gasteiger partial charge >= 0.3 is 0 Å². The van der Waals surface area contributed by atoms with Crippen molar-refractivity contribution in [1.82, 2.24) is 0 Å². The molecule has 0 radical (unpaired) electrons. The number of hydrogen-bond acceptors (Lipinski definition) is 3. The van der Waals surface area contributed by atoms with Crippen molar-refractivity contribution in [2.24, 2.45) is 0 Å². The number of anilines is 1.